The molecular formula is C12H23N3O2S. The molecule has 0 spiro atoms. The maximum Gasteiger partial charge on any atom is 0.236 e. The lowest BCUT2D eigenvalue weighted by molar-refractivity contribution is -0.131. The number of carbonyl (C=O) groups excluding carboxylic acids is 1. The normalized spacial score (nSPS) is 15.3. The number of nitrogens with zero attached hydrogens (tertiary/aromatic N) is 2. The lowest BCUT2D eigenvalue weighted by Gasteiger charge is -2.24. The Morgan fingerprint density at radius 3 is 2.61 bits per heavy atom. The minimum absolute atomic E-state index is 0.201. The minimum atomic E-state index is 0.201. The van der Waals surface area contributed by atoms with E-state index in [-0.39, 0.29) is 5.91 Å². The van der Waals surface area contributed by atoms with Gasteiger partial charge < -0.3 is 15.4 Å². The molecular weight excluding hydrogens is 250 g/mol. The first-order chi connectivity index (χ1) is 8.63. The summed E-state index contributed by atoms with van der Waals surface area (Å²) in [5.41, 5.74) is 5.50. The van der Waals surface area contributed by atoms with Gasteiger partial charge in [0.1, 0.15) is 0 Å². The second-order valence-electron chi connectivity index (χ2n) is 4.57. The molecule has 0 aromatic rings. The Morgan fingerprint density at radius 1 is 1.39 bits per heavy atom. The van der Waals surface area contributed by atoms with Crippen molar-refractivity contribution in [3.05, 3.63) is 0 Å². The smallest absolute Gasteiger partial charge is 0.236 e. The van der Waals surface area contributed by atoms with Gasteiger partial charge in [-0.05, 0) is 12.8 Å². The van der Waals surface area contributed by atoms with Crippen LogP contribution in [-0.4, -0.2) is 67.1 Å². The number of nitrogens with two attached hydrogens (primary N) is 1. The predicted octanol–water partition coefficient (Wildman–Crippen LogP) is 0.233. The van der Waals surface area contributed by atoms with Crippen LogP contribution in [0.1, 0.15) is 19.3 Å². The average molecular weight is 273 g/mol. The maximum absolute atomic E-state index is 12.0. The van der Waals surface area contributed by atoms with E-state index in [2.05, 4.69) is 4.90 Å². The third kappa shape index (κ3) is 5.75. The van der Waals surface area contributed by atoms with Crippen molar-refractivity contribution in [1.29, 1.82) is 0 Å². The van der Waals surface area contributed by atoms with E-state index in [9.17, 15) is 4.79 Å². The first kappa shape index (κ1) is 15.3. The van der Waals surface area contributed by atoms with Crippen molar-refractivity contribution in [1.82, 2.24) is 9.80 Å². The van der Waals surface area contributed by atoms with Crippen LogP contribution in [0.4, 0.5) is 0 Å². The molecule has 0 aromatic carbocycles. The Hall–Kier alpha value is -0.720. The first-order valence-corrected chi connectivity index (χ1v) is 6.81. The molecule has 1 saturated heterocycles. The van der Waals surface area contributed by atoms with E-state index in [4.69, 9.17) is 22.7 Å². The van der Waals surface area contributed by atoms with Crippen molar-refractivity contribution in [3.63, 3.8) is 0 Å². The largest absolute Gasteiger partial charge is 0.393 e. The zero-order valence-corrected chi connectivity index (χ0v) is 11.9. The Balaban J connectivity index is 2.37. The summed E-state index contributed by atoms with van der Waals surface area (Å²) in [6, 6.07) is 0. The fraction of sp³-hybridized carbons (Fsp3) is 0.833. The monoisotopic (exact) mass is 273 g/mol. The summed E-state index contributed by atoms with van der Waals surface area (Å²) in [7, 11) is 1.66. The molecule has 0 aromatic heterocycles. The van der Waals surface area contributed by atoms with Gasteiger partial charge in [-0.15, -0.1) is 0 Å². The van der Waals surface area contributed by atoms with Gasteiger partial charge in [-0.2, -0.15) is 0 Å². The second-order valence-corrected chi connectivity index (χ2v) is 5.10. The van der Waals surface area contributed by atoms with Crippen molar-refractivity contribution >= 4 is 23.1 Å². The summed E-state index contributed by atoms with van der Waals surface area (Å²) in [6.45, 7) is 4.30. The Labute approximate surface area is 114 Å². The van der Waals surface area contributed by atoms with Crippen LogP contribution in [0.2, 0.25) is 0 Å². The molecule has 1 aliphatic heterocycles. The summed E-state index contributed by atoms with van der Waals surface area (Å²) in [6.07, 6.45) is 2.89. The lowest BCUT2D eigenvalue weighted by atomic mass is 10.3. The average Bonchev–Trinajstić information content (AvgIpc) is 2.86. The third-order valence-corrected chi connectivity index (χ3v) is 3.31. The van der Waals surface area contributed by atoms with E-state index in [0.29, 0.717) is 24.6 Å². The zero-order chi connectivity index (χ0) is 13.4. The van der Waals surface area contributed by atoms with Gasteiger partial charge in [0.05, 0.1) is 18.1 Å². The summed E-state index contributed by atoms with van der Waals surface area (Å²) in [5.74, 6) is 0.201. The van der Waals surface area contributed by atoms with E-state index in [1.165, 1.54) is 0 Å². The topological polar surface area (TPSA) is 58.8 Å². The number of hydrogen-bond acceptors (Lipinski definition) is 4. The quantitative estimate of drug-likeness (QED) is 0.642. The first-order valence-electron chi connectivity index (χ1n) is 6.41. The second kappa shape index (κ2) is 8.39. The number of amides is 1. The van der Waals surface area contributed by atoms with Crippen LogP contribution in [0, 0.1) is 0 Å². The van der Waals surface area contributed by atoms with E-state index < -0.39 is 0 Å². The molecule has 0 saturated carbocycles. The van der Waals surface area contributed by atoms with E-state index in [1.54, 1.807) is 7.11 Å². The van der Waals surface area contributed by atoms with Gasteiger partial charge in [0.2, 0.25) is 5.91 Å². The lowest BCUT2D eigenvalue weighted by Crippen LogP contribution is -2.41. The van der Waals surface area contributed by atoms with Crippen molar-refractivity contribution in [3.8, 4) is 0 Å². The summed E-state index contributed by atoms with van der Waals surface area (Å²) < 4.78 is 5.06. The molecule has 1 rings (SSSR count). The highest BCUT2D eigenvalue weighted by Crippen LogP contribution is 2.08. The van der Waals surface area contributed by atoms with Crippen LogP contribution >= 0.6 is 12.2 Å². The van der Waals surface area contributed by atoms with Gasteiger partial charge in [0, 0.05) is 39.7 Å². The van der Waals surface area contributed by atoms with Crippen LogP contribution in [0.5, 0.6) is 0 Å². The van der Waals surface area contributed by atoms with Gasteiger partial charge in [0.25, 0.3) is 0 Å². The van der Waals surface area contributed by atoms with Gasteiger partial charge >= 0.3 is 0 Å². The molecule has 6 heteroatoms. The third-order valence-electron chi connectivity index (χ3n) is 3.10. The highest BCUT2D eigenvalue weighted by atomic mass is 32.1. The molecule has 1 amide bonds. The van der Waals surface area contributed by atoms with Crippen molar-refractivity contribution in [2.75, 3.05) is 46.4 Å². The molecule has 18 heavy (non-hydrogen) atoms. The fourth-order valence-electron chi connectivity index (χ4n) is 2.02. The molecule has 1 heterocycles. The number of carbonyl (C=O) groups is 1. The molecule has 0 atom stereocenters. The molecule has 0 unspecified atom stereocenters. The molecule has 104 valence electrons. The van der Waals surface area contributed by atoms with Gasteiger partial charge in [0.15, 0.2) is 0 Å². The van der Waals surface area contributed by atoms with Gasteiger partial charge in [-0.1, -0.05) is 12.2 Å². The van der Waals surface area contributed by atoms with Crippen molar-refractivity contribution < 1.29 is 9.53 Å². The predicted molar refractivity (Wildman–Crippen MR) is 75.5 cm³/mol. The minimum Gasteiger partial charge on any atom is -0.393 e. The number of rotatable bonds is 8. The summed E-state index contributed by atoms with van der Waals surface area (Å²) in [4.78, 5) is 16.5. The van der Waals surface area contributed by atoms with Crippen molar-refractivity contribution in [2.24, 2.45) is 5.73 Å². The number of ether oxygens (including phenoxy) is 1. The Kier molecular flexibility index (Phi) is 7.15. The SMILES string of the molecule is COCCN(CCC(N)=S)CC(=O)N1CCCC1. The van der Waals surface area contributed by atoms with Gasteiger partial charge in [-0.3, -0.25) is 9.69 Å². The highest BCUT2D eigenvalue weighted by molar-refractivity contribution is 7.80. The van der Waals surface area contributed by atoms with E-state index in [1.807, 2.05) is 4.90 Å². The van der Waals surface area contributed by atoms with Crippen molar-refractivity contribution in [2.45, 2.75) is 19.3 Å². The maximum atomic E-state index is 12.0. The van der Waals surface area contributed by atoms with Crippen LogP contribution in [0.3, 0.4) is 0 Å². The number of thiocarbonyl (C=S) groups is 1. The van der Waals surface area contributed by atoms with E-state index >= 15 is 0 Å². The number of hydrogen-bond donors (Lipinski definition) is 1. The summed E-state index contributed by atoms with van der Waals surface area (Å²) in [5, 5.41) is 0. The molecule has 0 aliphatic carbocycles. The Bertz CT molecular complexity index is 280. The molecule has 1 fully saturated rings. The zero-order valence-electron chi connectivity index (χ0n) is 11.1. The van der Waals surface area contributed by atoms with Crippen LogP contribution in [-0.2, 0) is 9.53 Å². The highest BCUT2D eigenvalue weighted by Gasteiger charge is 2.20. The van der Waals surface area contributed by atoms with Crippen LogP contribution < -0.4 is 5.73 Å². The molecule has 0 radical (unpaired) electrons. The van der Waals surface area contributed by atoms with Crippen LogP contribution in [0.15, 0.2) is 0 Å². The molecule has 2 N–H and O–H groups in total. The number of methoxy groups -OCH3 is 1. The summed E-state index contributed by atoms with van der Waals surface area (Å²) >= 11 is 4.87. The molecule has 0 bridgehead atoms. The molecule has 1 aliphatic rings. The molecule has 5 nitrogen and oxygen atoms in total. The van der Waals surface area contributed by atoms with Gasteiger partial charge in [-0.25, -0.2) is 0 Å². The standard InChI is InChI=1S/C12H23N3O2S/c1-17-9-8-14(7-4-11(13)18)10-12(16)15-5-2-3-6-15/h2-10H2,1H3,(H2,13,18). The van der Waals surface area contributed by atoms with Crippen LogP contribution in [0.25, 0.3) is 0 Å². The number of likely N-dealkylation sites (tertiary alicyclic amines) is 1. The Morgan fingerprint density at radius 2 is 2.06 bits per heavy atom. The van der Waals surface area contributed by atoms with E-state index in [0.717, 1.165) is 39.0 Å². The fourth-order valence-corrected chi connectivity index (χ4v) is 2.11.